The molecule has 2 aromatic rings. The van der Waals surface area contributed by atoms with Gasteiger partial charge < -0.3 is 11.1 Å². The Morgan fingerprint density at radius 3 is 2.95 bits per heavy atom. The lowest BCUT2D eigenvalue weighted by Crippen LogP contribution is -2.45. The van der Waals surface area contributed by atoms with E-state index < -0.39 is 0 Å². The number of hydrogen-bond donors (Lipinski definition) is 2. The van der Waals surface area contributed by atoms with E-state index in [1.807, 2.05) is 17.6 Å². The number of carbonyl (C=O) groups is 1. The van der Waals surface area contributed by atoms with Crippen molar-refractivity contribution in [1.82, 2.24) is 10.3 Å². The Kier molecular flexibility index (Phi) is 2.52. The second-order valence-electron chi connectivity index (χ2n) is 5.61. The zero-order valence-electron chi connectivity index (χ0n) is 11.1. The van der Waals surface area contributed by atoms with Gasteiger partial charge in [0.15, 0.2) is 0 Å². The van der Waals surface area contributed by atoms with Crippen molar-refractivity contribution in [3.05, 3.63) is 23.2 Å². The first-order chi connectivity index (χ1) is 9.71. The third kappa shape index (κ3) is 1.52. The van der Waals surface area contributed by atoms with E-state index in [-0.39, 0.29) is 11.4 Å². The van der Waals surface area contributed by atoms with Crippen molar-refractivity contribution in [3.8, 4) is 0 Å². The number of benzene rings is 1. The fraction of sp³-hybridized carbons (Fsp3) is 0.429. The van der Waals surface area contributed by atoms with E-state index in [1.165, 1.54) is 10.3 Å². The molecule has 0 saturated carbocycles. The summed E-state index contributed by atoms with van der Waals surface area (Å²) in [6.07, 6.45) is 2.06. The third-order valence-corrected chi connectivity index (χ3v) is 5.38. The molecule has 3 N–H and O–H groups in total. The van der Waals surface area contributed by atoms with Gasteiger partial charge in [-0.2, -0.15) is 0 Å². The van der Waals surface area contributed by atoms with Crippen LogP contribution >= 0.6 is 11.3 Å². The van der Waals surface area contributed by atoms with Crippen LogP contribution in [0.1, 0.15) is 18.4 Å². The molecule has 0 radical (unpaired) electrons. The molecule has 6 heteroatoms. The van der Waals surface area contributed by atoms with E-state index in [9.17, 15) is 4.79 Å². The summed E-state index contributed by atoms with van der Waals surface area (Å²) in [6, 6.07) is 3.70. The molecule has 2 aliphatic heterocycles. The van der Waals surface area contributed by atoms with Crippen molar-refractivity contribution in [1.29, 1.82) is 0 Å². The number of nitrogens with two attached hydrogens (primary N) is 1. The third-order valence-electron chi connectivity index (χ3n) is 4.59. The van der Waals surface area contributed by atoms with E-state index in [0.717, 1.165) is 37.1 Å². The number of piperidine rings is 1. The van der Waals surface area contributed by atoms with Crippen LogP contribution < -0.4 is 16.0 Å². The quantitative estimate of drug-likeness (QED) is 0.776. The maximum absolute atomic E-state index is 11.8. The number of anilines is 1. The molecule has 4 rings (SSSR count). The number of nitrogens with zero attached hydrogens (tertiary/aromatic N) is 2. The van der Waals surface area contributed by atoms with Gasteiger partial charge in [-0.15, -0.1) is 11.3 Å². The van der Waals surface area contributed by atoms with Gasteiger partial charge in [0.05, 0.1) is 21.4 Å². The maximum atomic E-state index is 11.8. The minimum Gasteiger partial charge on any atom is -0.351 e. The van der Waals surface area contributed by atoms with Crippen LogP contribution in [0.15, 0.2) is 17.6 Å². The molecule has 1 aromatic carbocycles. The second kappa shape index (κ2) is 4.17. The Labute approximate surface area is 120 Å². The van der Waals surface area contributed by atoms with Crippen molar-refractivity contribution in [2.24, 2.45) is 5.73 Å². The van der Waals surface area contributed by atoms with Gasteiger partial charge in [-0.05, 0) is 38.1 Å². The smallest absolute Gasteiger partial charge is 0.319 e. The highest BCUT2D eigenvalue weighted by molar-refractivity contribution is 7.16. The predicted molar refractivity (Wildman–Crippen MR) is 80.3 cm³/mol. The van der Waals surface area contributed by atoms with Crippen LogP contribution in [0.25, 0.3) is 10.2 Å². The first-order valence-electron chi connectivity index (χ1n) is 6.86. The number of urea groups is 1. The average molecular weight is 288 g/mol. The van der Waals surface area contributed by atoms with Crippen molar-refractivity contribution >= 4 is 33.3 Å². The number of rotatable bonds is 0. The summed E-state index contributed by atoms with van der Waals surface area (Å²) in [6.45, 7) is 2.65. The number of thiazole rings is 1. The SMILES string of the molecule is NC(=O)N1CC2(CCNCC2)c2c1ccc1scnc21. The number of amides is 2. The lowest BCUT2D eigenvalue weighted by Gasteiger charge is -2.34. The van der Waals surface area contributed by atoms with Crippen molar-refractivity contribution < 1.29 is 4.79 Å². The van der Waals surface area contributed by atoms with Crippen LogP contribution in [-0.4, -0.2) is 30.6 Å². The fourth-order valence-electron chi connectivity index (χ4n) is 3.65. The van der Waals surface area contributed by atoms with E-state index in [1.54, 1.807) is 16.2 Å². The van der Waals surface area contributed by atoms with Gasteiger partial charge in [-0.25, -0.2) is 9.78 Å². The van der Waals surface area contributed by atoms with Crippen molar-refractivity contribution in [3.63, 3.8) is 0 Å². The topological polar surface area (TPSA) is 71.2 Å². The lowest BCUT2D eigenvalue weighted by molar-refractivity contribution is 0.251. The minimum absolute atomic E-state index is 0.0171. The lowest BCUT2D eigenvalue weighted by atomic mass is 9.74. The molecule has 2 amide bonds. The Balaban J connectivity index is 1.98. The van der Waals surface area contributed by atoms with Gasteiger partial charge in [-0.1, -0.05) is 0 Å². The molecule has 1 saturated heterocycles. The fourth-order valence-corrected chi connectivity index (χ4v) is 4.33. The van der Waals surface area contributed by atoms with E-state index >= 15 is 0 Å². The molecule has 0 aliphatic carbocycles. The van der Waals surface area contributed by atoms with Gasteiger partial charge in [0, 0.05) is 17.5 Å². The molecular weight excluding hydrogens is 272 g/mol. The summed E-state index contributed by atoms with van der Waals surface area (Å²) < 4.78 is 1.19. The average Bonchev–Trinajstić information content (AvgIpc) is 3.03. The highest BCUT2D eigenvalue weighted by atomic mass is 32.1. The summed E-state index contributed by atoms with van der Waals surface area (Å²) >= 11 is 1.65. The first kappa shape index (κ1) is 12.1. The zero-order valence-corrected chi connectivity index (χ0v) is 11.9. The summed E-state index contributed by atoms with van der Waals surface area (Å²) in [5.74, 6) is 0. The molecule has 0 bridgehead atoms. The number of nitrogens with one attached hydrogen (secondary N) is 1. The zero-order chi connectivity index (χ0) is 13.7. The number of carbonyl (C=O) groups excluding carboxylic acids is 1. The molecular formula is C14H16N4OS. The van der Waals surface area contributed by atoms with Crippen LogP contribution in [0.4, 0.5) is 10.5 Å². The molecule has 20 heavy (non-hydrogen) atoms. The van der Waals surface area contributed by atoms with Crippen LogP contribution in [0.2, 0.25) is 0 Å². The van der Waals surface area contributed by atoms with Gasteiger partial charge in [-0.3, -0.25) is 4.90 Å². The van der Waals surface area contributed by atoms with Gasteiger partial charge >= 0.3 is 6.03 Å². The maximum Gasteiger partial charge on any atom is 0.319 e. The van der Waals surface area contributed by atoms with Gasteiger partial charge in [0.1, 0.15) is 0 Å². The van der Waals surface area contributed by atoms with E-state index in [2.05, 4.69) is 10.3 Å². The molecule has 1 spiro atoms. The molecule has 5 nitrogen and oxygen atoms in total. The molecule has 2 aliphatic rings. The Morgan fingerprint density at radius 1 is 1.40 bits per heavy atom. The van der Waals surface area contributed by atoms with Gasteiger partial charge in [0.2, 0.25) is 0 Å². The predicted octanol–water partition coefficient (Wildman–Crippen LogP) is 1.82. The van der Waals surface area contributed by atoms with E-state index in [4.69, 9.17) is 5.73 Å². The molecule has 0 unspecified atom stereocenters. The van der Waals surface area contributed by atoms with Crippen LogP contribution in [0, 0.1) is 0 Å². The van der Waals surface area contributed by atoms with Crippen LogP contribution in [-0.2, 0) is 5.41 Å². The Hall–Kier alpha value is -1.66. The highest BCUT2D eigenvalue weighted by Crippen LogP contribution is 2.49. The number of aromatic nitrogens is 1. The standard InChI is InChI=1S/C14H16N4OS/c15-13(19)18-7-14(3-5-16-6-4-14)11-9(18)1-2-10-12(11)17-8-20-10/h1-2,8,16H,3-7H2,(H2,15,19). The second-order valence-corrected chi connectivity index (χ2v) is 6.50. The van der Waals surface area contributed by atoms with Crippen molar-refractivity contribution in [2.45, 2.75) is 18.3 Å². The molecule has 0 atom stereocenters. The first-order valence-corrected chi connectivity index (χ1v) is 7.74. The summed E-state index contributed by atoms with van der Waals surface area (Å²) in [5, 5.41) is 3.40. The number of fused-ring (bicyclic) bond motifs is 4. The Bertz CT molecular complexity index is 690. The van der Waals surface area contributed by atoms with E-state index in [0.29, 0.717) is 6.54 Å². The van der Waals surface area contributed by atoms with Crippen molar-refractivity contribution in [2.75, 3.05) is 24.5 Å². The Morgan fingerprint density at radius 2 is 2.20 bits per heavy atom. The minimum atomic E-state index is -0.365. The molecule has 1 aromatic heterocycles. The molecule has 104 valence electrons. The highest BCUT2D eigenvalue weighted by Gasteiger charge is 2.46. The van der Waals surface area contributed by atoms with Crippen LogP contribution in [0.3, 0.4) is 0 Å². The summed E-state index contributed by atoms with van der Waals surface area (Å²) in [5.41, 5.74) is 10.7. The summed E-state index contributed by atoms with van der Waals surface area (Å²) in [4.78, 5) is 18.1. The summed E-state index contributed by atoms with van der Waals surface area (Å²) in [7, 11) is 0. The normalized spacial score (nSPS) is 20.5. The molecule has 3 heterocycles. The van der Waals surface area contributed by atoms with Gasteiger partial charge in [0.25, 0.3) is 0 Å². The monoisotopic (exact) mass is 288 g/mol. The largest absolute Gasteiger partial charge is 0.351 e. The molecule has 1 fully saturated rings. The number of primary amides is 1. The van der Waals surface area contributed by atoms with Crippen LogP contribution in [0.5, 0.6) is 0 Å². The number of hydrogen-bond acceptors (Lipinski definition) is 4.